The number of aromatic amines is 1. The van der Waals surface area contributed by atoms with Gasteiger partial charge in [-0.15, -0.1) is 0 Å². The van der Waals surface area contributed by atoms with Crippen molar-refractivity contribution in [2.75, 3.05) is 0 Å². The lowest BCUT2D eigenvalue weighted by Crippen LogP contribution is -1.74. The smallest absolute Gasteiger partial charge is 0.166 e. The van der Waals surface area contributed by atoms with E-state index in [1.165, 1.54) is 5.56 Å². The maximum atomic E-state index is 10.4. The number of aromatic nitrogens is 1. The van der Waals surface area contributed by atoms with E-state index in [0.717, 1.165) is 17.2 Å². The van der Waals surface area contributed by atoms with E-state index in [1.54, 1.807) is 0 Å². The molecule has 2 rings (SSSR count). The average molecular weight is 159 g/mol. The van der Waals surface area contributed by atoms with Crippen LogP contribution in [0.4, 0.5) is 0 Å². The number of benzene rings is 1. The first-order valence-corrected chi connectivity index (χ1v) is 3.84. The molecule has 0 aliphatic carbocycles. The number of H-pyrrole nitrogens is 1. The van der Waals surface area contributed by atoms with Gasteiger partial charge in [0.2, 0.25) is 0 Å². The van der Waals surface area contributed by atoms with Crippen molar-refractivity contribution in [1.82, 2.24) is 4.98 Å². The van der Waals surface area contributed by atoms with E-state index in [-0.39, 0.29) is 0 Å². The van der Waals surface area contributed by atoms with Gasteiger partial charge in [0.25, 0.3) is 0 Å². The minimum absolute atomic E-state index is 0.635. The molecule has 0 spiro atoms. The zero-order valence-electron chi connectivity index (χ0n) is 6.79. The Bertz CT molecular complexity index is 428. The maximum Gasteiger partial charge on any atom is 0.166 e. The van der Waals surface area contributed by atoms with E-state index in [2.05, 4.69) is 11.1 Å². The third kappa shape index (κ3) is 1.01. The van der Waals surface area contributed by atoms with Gasteiger partial charge >= 0.3 is 0 Å². The molecule has 1 N–H and O–H groups in total. The first-order valence-electron chi connectivity index (χ1n) is 3.84. The number of aryl methyl sites for hydroxylation is 1. The quantitative estimate of drug-likeness (QED) is 0.636. The molecule has 0 aliphatic heterocycles. The highest BCUT2D eigenvalue weighted by molar-refractivity contribution is 5.88. The predicted molar refractivity (Wildman–Crippen MR) is 48.4 cm³/mol. The number of fused-ring (bicyclic) bond motifs is 1. The number of carbonyl (C=O) groups excluding carboxylic acids is 1. The van der Waals surface area contributed by atoms with E-state index in [4.69, 9.17) is 0 Å². The van der Waals surface area contributed by atoms with E-state index in [1.807, 2.05) is 25.1 Å². The molecular formula is C10H9NO. The molecule has 0 bridgehead atoms. The van der Waals surface area contributed by atoms with Crippen molar-refractivity contribution in [3.8, 4) is 0 Å². The summed E-state index contributed by atoms with van der Waals surface area (Å²) in [7, 11) is 0. The van der Waals surface area contributed by atoms with Crippen LogP contribution in [0.25, 0.3) is 10.9 Å². The summed E-state index contributed by atoms with van der Waals surface area (Å²) in [4.78, 5) is 13.4. The van der Waals surface area contributed by atoms with Gasteiger partial charge in [-0.2, -0.15) is 0 Å². The lowest BCUT2D eigenvalue weighted by molar-refractivity contribution is 0.112. The van der Waals surface area contributed by atoms with Crippen molar-refractivity contribution in [1.29, 1.82) is 0 Å². The van der Waals surface area contributed by atoms with Gasteiger partial charge in [0.1, 0.15) is 0 Å². The molecule has 0 radical (unpaired) electrons. The molecule has 0 unspecified atom stereocenters. The van der Waals surface area contributed by atoms with E-state index >= 15 is 0 Å². The summed E-state index contributed by atoms with van der Waals surface area (Å²) in [6.45, 7) is 2.03. The minimum Gasteiger partial charge on any atom is -0.352 e. The molecule has 0 atom stereocenters. The highest BCUT2D eigenvalue weighted by Crippen LogP contribution is 2.15. The Morgan fingerprint density at radius 1 is 1.33 bits per heavy atom. The summed E-state index contributed by atoms with van der Waals surface area (Å²) < 4.78 is 0. The van der Waals surface area contributed by atoms with Gasteiger partial charge in [0.05, 0.1) is 5.69 Å². The Kier molecular flexibility index (Phi) is 1.47. The fourth-order valence-electron chi connectivity index (χ4n) is 1.34. The average Bonchev–Trinajstić information content (AvgIpc) is 2.46. The zero-order valence-corrected chi connectivity index (χ0v) is 6.79. The number of carbonyl (C=O) groups is 1. The molecule has 0 aliphatic rings. The number of hydrogen-bond acceptors (Lipinski definition) is 1. The van der Waals surface area contributed by atoms with Crippen LogP contribution in [0.2, 0.25) is 0 Å². The van der Waals surface area contributed by atoms with Gasteiger partial charge < -0.3 is 4.98 Å². The van der Waals surface area contributed by atoms with Crippen LogP contribution in [0.5, 0.6) is 0 Å². The van der Waals surface area contributed by atoms with Crippen molar-refractivity contribution >= 4 is 17.2 Å². The van der Waals surface area contributed by atoms with Gasteiger partial charge in [0.15, 0.2) is 6.29 Å². The van der Waals surface area contributed by atoms with Crippen LogP contribution in [0, 0.1) is 6.92 Å². The van der Waals surface area contributed by atoms with E-state index < -0.39 is 0 Å². The normalized spacial score (nSPS) is 10.4. The Balaban J connectivity index is 2.75. The van der Waals surface area contributed by atoms with Crippen molar-refractivity contribution in [2.24, 2.45) is 0 Å². The second-order valence-electron chi connectivity index (χ2n) is 2.93. The number of nitrogens with one attached hydrogen (secondary N) is 1. The Labute approximate surface area is 70.2 Å². The summed E-state index contributed by atoms with van der Waals surface area (Å²) in [5.41, 5.74) is 2.86. The SMILES string of the molecule is Cc1ccc2[nH]c(C=O)cc2c1. The summed E-state index contributed by atoms with van der Waals surface area (Å²) in [6.07, 6.45) is 0.829. The molecule has 1 aromatic heterocycles. The molecule has 0 saturated heterocycles. The van der Waals surface area contributed by atoms with Gasteiger partial charge in [-0.05, 0) is 25.1 Å². The highest BCUT2D eigenvalue weighted by Gasteiger charge is 1.98. The van der Waals surface area contributed by atoms with Crippen LogP contribution >= 0.6 is 0 Å². The fourth-order valence-corrected chi connectivity index (χ4v) is 1.34. The van der Waals surface area contributed by atoms with Gasteiger partial charge in [-0.3, -0.25) is 4.79 Å². The van der Waals surface area contributed by atoms with Gasteiger partial charge in [0, 0.05) is 10.9 Å². The van der Waals surface area contributed by atoms with Crippen LogP contribution in [0.3, 0.4) is 0 Å². The third-order valence-electron chi connectivity index (χ3n) is 1.92. The molecule has 0 amide bonds. The van der Waals surface area contributed by atoms with Gasteiger partial charge in [-0.1, -0.05) is 11.6 Å². The molecule has 0 saturated carbocycles. The first-order chi connectivity index (χ1) is 5.79. The second kappa shape index (κ2) is 2.48. The van der Waals surface area contributed by atoms with Crippen LogP contribution in [-0.2, 0) is 0 Å². The van der Waals surface area contributed by atoms with Crippen LogP contribution in [0.1, 0.15) is 16.1 Å². The maximum absolute atomic E-state index is 10.4. The monoisotopic (exact) mass is 159 g/mol. The van der Waals surface area contributed by atoms with Crippen molar-refractivity contribution in [2.45, 2.75) is 6.92 Å². The topological polar surface area (TPSA) is 32.9 Å². The fraction of sp³-hybridized carbons (Fsp3) is 0.100. The van der Waals surface area contributed by atoms with Crippen molar-refractivity contribution < 1.29 is 4.79 Å². The Hall–Kier alpha value is -1.57. The summed E-state index contributed by atoms with van der Waals surface area (Å²) in [5, 5.41) is 1.09. The number of rotatable bonds is 1. The zero-order chi connectivity index (χ0) is 8.55. The molecule has 1 aromatic carbocycles. The molecule has 2 nitrogen and oxygen atoms in total. The Morgan fingerprint density at radius 2 is 2.17 bits per heavy atom. The summed E-state index contributed by atoms with van der Waals surface area (Å²) in [5.74, 6) is 0. The van der Waals surface area contributed by atoms with Crippen molar-refractivity contribution in [3.63, 3.8) is 0 Å². The van der Waals surface area contributed by atoms with Gasteiger partial charge in [-0.25, -0.2) is 0 Å². The molecule has 60 valence electrons. The highest BCUT2D eigenvalue weighted by atomic mass is 16.1. The number of aldehydes is 1. The molecule has 12 heavy (non-hydrogen) atoms. The summed E-state index contributed by atoms with van der Waals surface area (Å²) >= 11 is 0. The molecule has 0 fully saturated rings. The van der Waals surface area contributed by atoms with E-state index in [9.17, 15) is 4.79 Å². The largest absolute Gasteiger partial charge is 0.352 e. The van der Waals surface area contributed by atoms with Crippen molar-refractivity contribution in [3.05, 3.63) is 35.5 Å². The predicted octanol–water partition coefficient (Wildman–Crippen LogP) is 2.29. The Morgan fingerprint density at radius 3 is 2.92 bits per heavy atom. The van der Waals surface area contributed by atoms with E-state index in [0.29, 0.717) is 5.69 Å². The minimum atomic E-state index is 0.635. The summed E-state index contributed by atoms with van der Waals surface area (Å²) in [6, 6.07) is 7.92. The number of hydrogen-bond donors (Lipinski definition) is 1. The van der Waals surface area contributed by atoms with Crippen LogP contribution in [-0.4, -0.2) is 11.3 Å². The molecule has 2 aromatic rings. The molecular weight excluding hydrogens is 150 g/mol. The second-order valence-corrected chi connectivity index (χ2v) is 2.93. The third-order valence-corrected chi connectivity index (χ3v) is 1.92. The standard InChI is InChI=1S/C10H9NO/c1-7-2-3-10-8(4-7)5-9(6-12)11-10/h2-6,11H,1H3. The lowest BCUT2D eigenvalue weighted by atomic mass is 10.2. The van der Waals surface area contributed by atoms with Crippen LogP contribution < -0.4 is 0 Å². The first kappa shape index (κ1) is 7.10. The lowest BCUT2D eigenvalue weighted by Gasteiger charge is -1.90. The molecule has 2 heteroatoms. The molecule has 1 heterocycles. The van der Waals surface area contributed by atoms with Crippen LogP contribution in [0.15, 0.2) is 24.3 Å².